The first-order valence-electron chi connectivity index (χ1n) is 18.4. The van der Waals surface area contributed by atoms with Crippen molar-refractivity contribution in [3.05, 3.63) is 192 Å². The second-order valence-corrected chi connectivity index (χ2v) is 15.4. The summed E-state index contributed by atoms with van der Waals surface area (Å²) in [7, 11) is 0. The first kappa shape index (κ1) is 30.7. The summed E-state index contributed by atoms with van der Waals surface area (Å²) in [6.07, 6.45) is 0. The average molecular weight is 669 g/mol. The van der Waals surface area contributed by atoms with E-state index in [2.05, 4.69) is 207 Å². The fourth-order valence-electron chi connectivity index (χ4n) is 9.19. The number of benzene rings is 7. The largest absolute Gasteiger partial charge is 0.312 e. The summed E-state index contributed by atoms with van der Waals surface area (Å²) in [5, 5.41) is 1.29. The Kier molecular flexibility index (Phi) is 6.60. The van der Waals surface area contributed by atoms with E-state index in [1.54, 1.807) is 0 Å². The molecule has 0 unspecified atom stereocenters. The van der Waals surface area contributed by atoms with Crippen LogP contribution in [0.25, 0.3) is 50.0 Å². The molecular formula is C50H40N2. The van der Waals surface area contributed by atoms with Crippen LogP contribution in [0.2, 0.25) is 0 Å². The fourth-order valence-corrected chi connectivity index (χ4v) is 9.19. The van der Waals surface area contributed by atoms with Crippen molar-refractivity contribution in [2.75, 3.05) is 4.90 Å². The lowest BCUT2D eigenvalue weighted by molar-refractivity contribution is 0.646. The minimum atomic E-state index is -0.134. The zero-order valence-electron chi connectivity index (χ0n) is 30.1. The third-order valence-electron chi connectivity index (χ3n) is 11.8. The molecular weight excluding hydrogens is 629 g/mol. The number of nitrogens with zero attached hydrogens (tertiary/aromatic N) is 2. The van der Waals surface area contributed by atoms with E-state index in [4.69, 9.17) is 0 Å². The molecule has 0 bridgehead atoms. The van der Waals surface area contributed by atoms with Gasteiger partial charge in [-0.3, -0.25) is 0 Å². The van der Waals surface area contributed by atoms with Crippen LogP contribution in [-0.2, 0) is 10.8 Å². The molecule has 1 aliphatic heterocycles. The third kappa shape index (κ3) is 4.37. The lowest BCUT2D eigenvalue weighted by atomic mass is 9.80. The van der Waals surface area contributed by atoms with Crippen molar-refractivity contribution in [2.45, 2.75) is 38.5 Å². The van der Waals surface area contributed by atoms with Crippen molar-refractivity contribution >= 4 is 28.0 Å². The van der Waals surface area contributed by atoms with Crippen LogP contribution in [0.5, 0.6) is 0 Å². The van der Waals surface area contributed by atoms with Crippen molar-refractivity contribution < 1.29 is 0 Å². The standard InChI is InChI=1S/C50H40N2/c1-49(2)42-18-10-8-16-39(42)40-31-30-38(32-44(40)49)51(36-26-22-34(23-27-36)33-14-6-5-7-15-33)37-28-24-35(25-29-37)47-41-17-9-12-20-45(41)52-46-21-13-11-19-43(46)50(3,4)48(47)52/h5-32H,1-4H3. The van der Waals surface area contributed by atoms with Crippen LogP contribution >= 0.6 is 0 Å². The van der Waals surface area contributed by atoms with Gasteiger partial charge in [0.05, 0.1) is 11.2 Å². The van der Waals surface area contributed by atoms with Crippen LogP contribution in [0.3, 0.4) is 0 Å². The molecule has 0 radical (unpaired) electrons. The van der Waals surface area contributed by atoms with Crippen LogP contribution in [0, 0.1) is 0 Å². The summed E-state index contributed by atoms with van der Waals surface area (Å²) in [5.74, 6) is 0. The molecule has 2 aliphatic rings. The summed E-state index contributed by atoms with van der Waals surface area (Å²) in [6.45, 7) is 9.46. The summed E-state index contributed by atoms with van der Waals surface area (Å²) < 4.78 is 2.50. The van der Waals surface area contributed by atoms with Gasteiger partial charge >= 0.3 is 0 Å². The van der Waals surface area contributed by atoms with Crippen LogP contribution in [-0.4, -0.2) is 4.57 Å². The van der Waals surface area contributed by atoms with Crippen LogP contribution < -0.4 is 4.90 Å². The molecule has 2 heteroatoms. The molecule has 0 saturated carbocycles. The van der Waals surface area contributed by atoms with Gasteiger partial charge in [-0.05, 0) is 93.0 Å². The molecule has 0 amide bonds. The normalized spacial score (nSPS) is 14.5. The number of para-hydroxylation sites is 2. The van der Waals surface area contributed by atoms with E-state index in [0.29, 0.717) is 0 Å². The van der Waals surface area contributed by atoms with Crippen LogP contribution in [0.1, 0.15) is 50.1 Å². The Morgan fingerprint density at radius 2 is 0.981 bits per heavy atom. The number of hydrogen-bond acceptors (Lipinski definition) is 1. The highest BCUT2D eigenvalue weighted by molar-refractivity contribution is 6.02. The Hall–Kier alpha value is -6.12. The summed E-state index contributed by atoms with van der Waals surface area (Å²) in [6, 6.07) is 62.6. The van der Waals surface area contributed by atoms with E-state index < -0.39 is 0 Å². The van der Waals surface area contributed by atoms with Gasteiger partial charge in [0.2, 0.25) is 0 Å². The average Bonchev–Trinajstić information content (AvgIpc) is 3.74. The molecule has 1 aliphatic carbocycles. The predicted molar refractivity (Wildman–Crippen MR) is 219 cm³/mol. The maximum Gasteiger partial charge on any atom is 0.0538 e. The van der Waals surface area contributed by atoms with E-state index in [-0.39, 0.29) is 10.8 Å². The summed E-state index contributed by atoms with van der Waals surface area (Å²) >= 11 is 0. The van der Waals surface area contributed by atoms with Gasteiger partial charge in [0.15, 0.2) is 0 Å². The maximum absolute atomic E-state index is 2.50. The van der Waals surface area contributed by atoms with E-state index in [1.807, 2.05) is 0 Å². The molecule has 10 rings (SSSR count). The van der Waals surface area contributed by atoms with Gasteiger partial charge in [0, 0.05) is 44.5 Å². The molecule has 8 aromatic rings. The molecule has 2 nitrogen and oxygen atoms in total. The number of rotatable bonds is 5. The minimum absolute atomic E-state index is 0.0874. The topological polar surface area (TPSA) is 8.17 Å². The van der Waals surface area contributed by atoms with E-state index in [9.17, 15) is 0 Å². The minimum Gasteiger partial charge on any atom is -0.312 e. The highest BCUT2D eigenvalue weighted by Gasteiger charge is 2.40. The van der Waals surface area contributed by atoms with Gasteiger partial charge in [-0.2, -0.15) is 0 Å². The van der Waals surface area contributed by atoms with Crippen molar-refractivity contribution in [1.82, 2.24) is 4.57 Å². The van der Waals surface area contributed by atoms with E-state index in [0.717, 1.165) is 17.1 Å². The van der Waals surface area contributed by atoms with Gasteiger partial charge in [-0.15, -0.1) is 0 Å². The summed E-state index contributed by atoms with van der Waals surface area (Å²) in [5.41, 5.74) is 18.9. The Morgan fingerprint density at radius 3 is 1.73 bits per heavy atom. The van der Waals surface area contributed by atoms with E-state index in [1.165, 1.54) is 72.4 Å². The Morgan fingerprint density at radius 1 is 0.423 bits per heavy atom. The molecule has 52 heavy (non-hydrogen) atoms. The van der Waals surface area contributed by atoms with E-state index >= 15 is 0 Å². The lowest BCUT2D eigenvalue weighted by Crippen LogP contribution is -2.17. The molecule has 0 N–H and O–H groups in total. The number of fused-ring (bicyclic) bond motifs is 8. The molecule has 0 saturated heterocycles. The molecule has 1 aromatic heterocycles. The highest BCUT2D eigenvalue weighted by Crippen LogP contribution is 2.53. The van der Waals surface area contributed by atoms with Crippen LogP contribution in [0.15, 0.2) is 170 Å². The molecule has 0 spiro atoms. The first-order valence-corrected chi connectivity index (χ1v) is 18.4. The smallest absolute Gasteiger partial charge is 0.0538 e. The number of hydrogen-bond donors (Lipinski definition) is 0. The molecule has 0 atom stereocenters. The molecule has 250 valence electrons. The molecule has 2 heterocycles. The highest BCUT2D eigenvalue weighted by atomic mass is 15.1. The predicted octanol–water partition coefficient (Wildman–Crippen LogP) is 13.4. The quantitative estimate of drug-likeness (QED) is 0.177. The Labute approximate surface area is 306 Å². The van der Waals surface area contributed by atoms with Gasteiger partial charge < -0.3 is 9.47 Å². The number of aromatic nitrogens is 1. The first-order chi connectivity index (χ1) is 25.3. The Balaban J connectivity index is 1.12. The number of anilines is 3. The second-order valence-electron chi connectivity index (χ2n) is 15.4. The Bertz CT molecular complexity index is 2660. The monoisotopic (exact) mass is 668 g/mol. The molecule has 7 aromatic carbocycles. The van der Waals surface area contributed by atoms with Crippen molar-refractivity contribution in [1.29, 1.82) is 0 Å². The van der Waals surface area contributed by atoms with Gasteiger partial charge in [-0.25, -0.2) is 0 Å². The second kappa shape index (κ2) is 11.2. The lowest BCUT2D eigenvalue weighted by Gasteiger charge is -2.28. The zero-order valence-corrected chi connectivity index (χ0v) is 30.1. The molecule has 0 fully saturated rings. The third-order valence-corrected chi connectivity index (χ3v) is 11.8. The van der Waals surface area contributed by atoms with Crippen molar-refractivity contribution in [2.24, 2.45) is 0 Å². The fraction of sp³-hybridized carbons (Fsp3) is 0.120. The van der Waals surface area contributed by atoms with Gasteiger partial charge in [-0.1, -0.05) is 149 Å². The SMILES string of the molecule is CC1(C)c2ccccc2-c2ccc(N(c3ccc(-c4ccccc4)cc3)c3ccc(-c4c5n(c6ccccc46)-c4ccccc4C5(C)C)cc3)cc21. The van der Waals surface area contributed by atoms with Gasteiger partial charge in [0.1, 0.15) is 0 Å². The van der Waals surface area contributed by atoms with Crippen molar-refractivity contribution in [3.8, 4) is 39.1 Å². The zero-order chi connectivity index (χ0) is 35.2. The maximum atomic E-state index is 2.50. The van der Waals surface area contributed by atoms with Gasteiger partial charge in [0.25, 0.3) is 0 Å². The summed E-state index contributed by atoms with van der Waals surface area (Å²) in [4.78, 5) is 2.42. The van der Waals surface area contributed by atoms with Crippen molar-refractivity contribution in [3.63, 3.8) is 0 Å². The van der Waals surface area contributed by atoms with Crippen LogP contribution in [0.4, 0.5) is 17.1 Å².